The maximum absolute atomic E-state index is 9.94. The Morgan fingerprint density at radius 3 is 2.00 bits per heavy atom. The number of aliphatic hydroxyl groups is 1. The molecule has 88 valence electrons. The number of benzene rings is 1. The van der Waals surface area contributed by atoms with Gasteiger partial charge in [0.1, 0.15) is 5.75 Å². The largest absolute Gasteiger partial charge is 0.508 e. The van der Waals surface area contributed by atoms with E-state index >= 15 is 0 Å². The molecule has 2 aromatic rings. The second-order valence-electron chi connectivity index (χ2n) is 4.08. The summed E-state index contributed by atoms with van der Waals surface area (Å²) in [5.74, 6) is 0.248. The topological polar surface area (TPSA) is 53.4 Å². The molecule has 0 saturated carbocycles. The number of aromatic hydroxyl groups is 1. The number of phenolic OH excluding ortho intramolecular Hbond substituents is 1. The molecular weight excluding hydrogens is 214 g/mol. The summed E-state index contributed by atoms with van der Waals surface area (Å²) < 4.78 is 0. The maximum Gasteiger partial charge on any atom is 0.115 e. The van der Waals surface area contributed by atoms with Gasteiger partial charge in [-0.3, -0.25) is 4.98 Å². The predicted octanol–water partition coefficient (Wildman–Crippen LogP) is 1.93. The third kappa shape index (κ3) is 3.57. The van der Waals surface area contributed by atoms with Crippen LogP contribution in [0.15, 0.2) is 48.8 Å². The van der Waals surface area contributed by atoms with Crippen LogP contribution in [-0.2, 0) is 12.8 Å². The molecule has 2 rings (SSSR count). The Kier molecular flexibility index (Phi) is 3.73. The van der Waals surface area contributed by atoms with Crippen molar-refractivity contribution in [1.29, 1.82) is 0 Å². The number of phenols is 1. The number of hydrogen-bond donors (Lipinski definition) is 2. The van der Waals surface area contributed by atoms with Crippen molar-refractivity contribution in [3.05, 3.63) is 59.9 Å². The van der Waals surface area contributed by atoms with Crippen molar-refractivity contribution < 1.29 is 10.2 Å². The number of rotatable bonds is 4. The highest BCUT2D eigenvalue weighted by molar-refractivity contribution is 5.26. The van der Waals surface area contributed by atoms with E-state index in [1.807, 2.05) is 24.3 Å². The predicted molar refractivity (Wildman–Crippen MR) is 65.8 cm³/mol. The van der Waals surface area contributed by atoms with Gasteiger partial charge < -0.3 is 10.2 Å². The summed E-state index contributed by atoms with van der Waals surface area (Å²) >= 11 is 0. The van der Waals surface area contributed by atoms with Crippen molar-refractivity contribution in [1.82, 2.24) is 4.98 Å². The van der Waals surface area contributed by atoms with Gasteiger partial charge in [-0.1, -0.05) is 12.1 Å². The Balaban J connectivity index is 1.93. The number of pyridine rings is 1. The third-order valence-electron chi connectivity index (χ3n) is 2.63. The highest BCUT2D eigenvalue weighted by Gasteiger charge is 2.06. The first kappa shape index (κ1) is 11.6. The van der Waals surface area contributed by atoms with E-state index in [2.05, 4.69) is 4.98 Å². The number of aliphatic hydroxyl groups excluding tert-OH is 1. The molecule has 1 unspecified atom stereocenters. The summed E-state index contributed by atoms with van der Waals surface area (Å²) in [6, 6.07) is 10.7. The first-order valence-corrected chi connectivity index (χ1v) is 5.59. The van der Waals surface area contributed by atoms with Gasteiger partial charge in [0, 0.05) is 12.4 Å². The van der Waals surface area contributed by atoms with E-state index in [1.54, 1.807) is 24.5 Å². The van der Waals surface area contributed by atoms with Gasteiger partial charge in [-0.2, -0.15) is 0 Å². The standard InChI is InChI=1S/C14H15NO2/c16-13-3-1-11(2-4-13)9-14(17)10-12-5-7-15-8-6-12/h1-8,14,16-17H,9-10H2. The van der Waals surface area contributed by atoms with E-state index in [4.69, 9.17) is 5.11 Å². The SMILES string of the molecule is Oc1ccc(CC(O)Cc2ccncc2)cc1. The zero-order valence-electron chi connectivity index (χ0n) is 9.45. The first-order valence-electron chi connectivity index (χ1n) is 5.59. The Morgan fingerprint density at radius 2 is 1.41 bits per heavy atom. The van der Waals surface area contributed by atoms with Crippen LogP contribution in [0.1, 0.15) is 11.1 Å². The lowest BCUT2D eigenvalue weighted by atomic mass is 10.0. The van der Waals surface area contributed by atoms with Crippen molar-refractivity contribution in [2.75, 3.05) is 0 Å². The molecule has 0 aliphatic heterocycles. The lowest BCUT2D eigenvalue weighted by Crippen LogP contribution is -2.13. The summed E-state index contributed by atoms with van der Waals surface area (Å²) in [4.78, 5) is 3.94. The van der Waals surface area contributed by atoms with Crippen LogP contribution < -0.4 is 0 Å². The molecule has 0 radical (unpaired) electrons. The molecule has 0 bridgehead atoms. The summed E-state index contributed by atoms with van der Waals surface area (Å²) in [7, 11) is 0. The van der Waals surface area contributed by atoms with E-state index < -0.39 is 6.10 Å². The van der Waals surface area contributed by atoms with Crippen LogP contribution in [0.25, 0.3) is 0 Å². The highest BCUT2D eigenvalue weighted by Crippen LogP contribution is 2.13. The first-order chi connectivity index (χ1) is 8.24. The van der Waals surface area contributed by atoms with Gasteiger partial charge >= 0.3 is 0 Å². The van der Waals surface area contributed by atoms with Crippen LogP contribution in [0.3, 0.4) is 0 Å². The Hall–Kier alpha value is -1.87. The minimum atomic E-state index is -0.415. The monoisotopic (exact) mass is 229 g/mol. The van der Waals surface area contributed by atoms with Gasteiger partial charge in [-0.15, -0.1) is 0 Å². The molecule has 1 heterocycles. The molecule has 3 nitrogen and oxygen atoms in total. The van der Waals surface area contributed by atoms with Crippen molar-refractivity contribution in [2.45, 2.75) is 18.9 Å². The second kappa shape index (κ2) is 5.46. The molecule has 0 saturated heterocycles. The quantitative estimate of drug-likeness (QED) is 0.842. The van der Waals surface area contributed by atoms with E-state index in [0.29, 0.717) is 12.8 Å². The fourth-order valence-corrected chi connectivity index (χ4v) is 1.77. The molecule has 1 aromatic heterocycles. The minimum Gasteiger partial charge on any atom is -0.508 e. The molecule has 1 atom stereocenters. The van der Waals surface area contributed by atoms with Crippen LogP contribution in [0.4, 0.5) is 0 Å². The number of aromatic nitrogens is 1. The summed E-state index contributed by atoms with van der Waals surface area (Å²) in [5.41, 5.74) is 2.09. The number of nitrogens with zero attached hydrogens (tertiary/aromatic N) is 1. The smallest absolute Gasteiger partial charge is 0.115 e. The van der Waals surface area contributed by atoms with Gasteiger partial charge in [0.05, 0.1) is 6.10 Å². The zero-order chi connectivity index (χ0) is 12.1. The molecule has 3 heteroatoms. The van der Waals surface area contributed by atoms with E-state index in [1.165, 1.54) is 0 Å². The fourth-order valence-electron chi connectivity index (χ4n) is 1.77. The molecule has 0 amide bonds. The Morgan fingerprint density at radius 1 is 0.882 bits per heavy atom. The Bertz CT molecular complexity index is 453. The van der Waals surface area contributed by atoms with Crippen molar-refractivity contribution >= 4 is 0 Å². The summed E-state index contributed by atoms with van der Waals surface area (Å²) in [5, 5.41) is 19.1. The molecule has 2 N–H and O–H groups in total. The average Bonchev–Trinajstić information content (AvgIpc) is 2.33. The normalized spacial score (nSPS) is 12.3. The molecule has 0 fully saturated rings. The zero-order valence-corrected chi connectivity index (χ0v) is 9.45. The van der Waals surface area contributed by atoms with Crippen LogP contribution in [-0.4, -0.2) is 21.3 Å². The fraction of sp³-hybridized carbons (Fsp3) is 0.214. The van der Waals surface area contributed by atoms with Gasteiger partial charge in [-0.25, -0.2) is 0 Å². The van der Waals surface area contributed by atoms with Crippen molar-refractivity contribution in [2.24, 2.45) is 0 Å². The third-order valence-corrected chi connectivity index (χ3v) is 2.63. The van der Waals surface area contributed by atoms with Gasteiger partial charge in [0.2, 0.25) is 0 Å². The molecule has 17 heavy (non-hydrogen) atoms. The average molecular weight is 229 g/mol. The lowest BCUT2D eigenvalue weighted by Gasteiger charge is -2.10. The molecule has 0 spiro atoms. The summed E-state index contributed by atoms with van der Waals surface area (Å²) in [6.07, 6.45) is 4.24. The van der Waals surface area contributed by atoms with E-state index in [0.717, 1.165) is 11.1 Å². The molecule has 0 aliphatic rings. The minimum absolute atomic E-state index is 0.248. The van der Waals surface area contributed by atoms with Crippen molar-refractivity contribution in [3.8, 4) is 5.75 Å². The van der Waals surface area contributed by atoms with E-state index in [9.17, 15) is 5.11 Å². The number of hydrogen-bond acceptors (Lipinski definition) is 3. The van der Waals surface area contributed by atoms with Crippen LogP contribution in [0.2, 0.25) is 0 Å². The second-order valence-corrected chi connectivity index (χ2v) is 4.08. The van der Waals surface area contributed by atoms with Gasteiger partial charge in [0.25, 0.3) is 0 Å². The molecular formula is C14H15NO2. The van der Waals surface area contributed by atoms with Crippen LogP contribution in [0, 0.1) is 0 Å². The molecule has 0 aliphatic carbocycles. The highest BCUT2D eigenvalue weighted by atomic mass is 16.3. The Labute approximate surface area is 100 Å². The van der Waals surface area contributed by atoms with Gasteiger partial charge in [-0.05, 0) is 48.2 Å². The maximum atomic E-state index is 9.94. The van der Waals surface area contributed by atoms with Crippen molar-refractivity contribution in [3.63, 3.8) is 0 Å². The van der Waals surface area contributed by atoms with Crippen LogP contribution >= 0.6 is 0 Å². The van der Waals surface area contributed by atoms with Gasteiger partial charge in [0.15, 0.2) is 0 Å². The lowest BCUT2D eigenvalue weighted by molar-refractivity contribution is 0.175. The van der Waals surface area contributed by atoms with Crippen LogP contribution in [0.5, 0.6) is 5.75 Å². The summed E-state index contributed by atoms with van der Waals surface area (Å²) in [6.45, 7) is 0. The van der Waals surface area contributed by atoms with E-state index in [-0.39, 0.29) is 5.75 Å². The molecule has 1 aromatic carbocycles.